The minimum Gasteiger partial charge on any atom is -0.256 e. The van der Waals surface area contributed by atoms with E-state index in [0.717, 1.165) is 25.0 Å². The van der Waals surface area contributed by atoms with Crippen molar-refractivity contribution < 1.29 is 0 Å². The average molecular weight is 386 g/mol. The summed E-state index contributed by atoms with van der Waals surface area (Å²) in [5.74, 6) is 0. The van der Waals surface area contributed by atoms with Gasteiger partial charge in [-0.3, -0.25) is 4.98 Å². The van der Waals surface area contributed by atoms with Gasteiger partial charge < -0.3 is 0 Å². The zero-order valence-corrected chi connectivity index (χ0v) is 16.9. The molecule has 0 saturated carbocycles. The van der Waals surface area contributed by atoms with Crippen LogP contribution < -0.4 is 10.4 Å². The first kappa shape index (κ1) is 17.4. The number of hydrogen-bond donors (Lipinski definition) is 0. The Morgan fingerprint density at radius 3 is 2.27 bits per heavy atom. The molecule has 1 aromatic heterocycles. The van der Waals surface area contributed by atoms with Crippen LogP contribution in [0.15, 0.2) is 85.1 Å². The fourth-order valence-electron chi connectivity index (χ4n) is 5.19. The lowest BCUT2D eigenvalue weighted by Crippen LogP contribution is -2.36. The fourth-order valence-corrected chi connectivity index (χ4v) is 5.19. The van der Waals surface area contributed by atoms with Gasteiger partial charge in [-0.1, -0.05) is 72.8 Å². The number of aryl methyl sites for hydroxylation is 1. The average Bonchev–Trinajstić information content (AvgIpc) is 2.84. The van der Waals surface area contributed by atoms with Crippen molar-refractivity contribution >= 4 is 11.6 Å². The molecule has 4 aromatic rings. The van der Waals surface area contributed by atoms with Crippen LogP contribution in [-0.4, -0.2) is 4.98 Å². The van der Waals surface area contributed by atoms with E-state index in [1.54, 1.807) is 0 Å². The zero-order valence-electron chi connectivity index (χ0n) is 16.9. The lowest BCUT2D eigenvalue weighted by atomic mass is 9.82. The number of nitrogens with zero attached hydrogens (tertiary/aromatic N) is 1. The van der Waals surface area contributed by atoms with Crippen LogP contribution in [0.2, 0.25) is 0 Å². The summed E-state index contributed by atoms with van der Waals surface area (Å²) >= 11 is 0. The first-order chi connectivity index (χ1) is 14.9. The molecule has 30 heavy (non-hydrogen) atoms. The maximum atomic E-state index is 4.66. The van der Waals surface area contributed by atoms with Gasteiger partial charge in [-0.05, 0) is 81.6 Å². The van der Waals surface area contributed by atoms with E-state index in [9.17, 15) is 0 Å². The summed E-state index contributed by atoms with van der Waals surface area (Å²) in [5, 5.41) is 2.90. The number of rotatable bonds is 2. The highest BCUT2D eigenvalue weighted by atomic mass is 14.7. The van der Waals surface area contributed by atoms with E-state index >= 15 is 0 Å². The molecule has 0 bridgehead atoms. The van der Waals surface area contributed by atoms with Gasteiger partial charge in [0.2, 0.25) is 0 Å². The number of benzene rings is 3. The van der Waals surface area contributed by atoms with E-state index in [4.69, 9.17) is 0 Å². The summed E-state index contributed by atoms with van der Waals surface area (Å²) < 4.78 is 0. The minimum absolute atomic E-state index is 1.01. The van der Waals surface area contributed by atoms with Gasteiger partial charge >= 0.3 is 0 Å². The highest BCUT2D eigenvalue weighted by molar-refractivity contribution is 5.82. The van der Waals surface area contributed by atoms with E-state index < -0.39 is 0 Å². The molecule has 2 aliphatic rings. The van der Waals surface area contributed by atoms with Crippen molar-refractivity contribution in [1.29, 1.82) is 0 Å². The van der Waals surface area contributed by atoms with E-state index in [0.29, 0.717) is 0 Å². The van der Waals surface area contributed by atoms with Crippen LogP contribution in [0.25, 0.3) is 34.0 Å². The fraction of sp³-hybridized carbons (Fsp3) is 0.138. The number of aromatic nitrogens is 1. The highest BCUT2D eigenvalue weighted by Crippen LogP contribution is 2.31. The quantitative estimate of drug-likeness (QED) is 0.457. The molecule has 1 heterocycles. The number of pyridine rings is 1. The monoisotopic (exact) mass is 385 g/mol. The standard InChI is InChI=1S/C29H23N/c1-2-10-22-20(8-1)15-18-27-24(22)17-16-21-9-7-13-26(29(21)27)23-11-3-4-12-25(23)28-14-5-6-19-30-28/h1-6,8,10-12,14,16-19H,7,9,13,15H2. The van der Waals surface area contributed by atoms with Crippen LogP contribution in [0.3, 0.4) is 0 Å². The molecule has 0 unspecified atom stereocenters. The third-order valence-corrected chi connectivity index (χ3v) is 6.53. The summed E-state index contributed by atoms with van der Waals surface area (Å²) in [6, 6.07) is 28.5. The topological polar surface area (TPSA) is 12.9 Å². The van der Waals surface area contributed by atoms with Crippen molar-refractivity contribution in [3.05, 3.63) is 112 Å². The Labute approximate surface area is 177 Å². The van der Waals surface area contributed by atoms with Crippen LogP contribution in [0.1, 0.15) is 29.5 Å². The molecule has 2 aliphatic carbocycles. The normalized spacial score (nSPS) is 14.3. The molecule has 6 rings (SSSR count). The Morgan fingerprint density at radius 2 is 1.40 bits per heavy atom. The van der Waals surface area contributed by atoms with Crippen LogP contribution in [0, 0.1) is 0 Å². The molecule has 144 valence electrons. The van der Waals surface area contributed by atoms with Gasteiger partial charge in [-0.15, -0.1) is 0 Å². The van der Waals surface area contributed by atoms with Crippen molar-refractivity contribution in [3.8, 4) is 22.4 Å². The lowest BCUT2D eigenvalue weighted by Gasteiger charge is -2.22. The van der Waals surface area contributed by atoms with Gasteiger partial charge in [-0.2, -0.15) is 0 Å². The molecule has 1 heteroatoms. The van der Waals surface area contributed by atoms with Crippen LogP contribution >= 0.6 is 0 Å². The summed E-state index contributed by atoms with van der Waals surface area (Å²) in [6.07, 6.45) is 8.82. The predicted molar refractivity (Wildman–Crippen MR) is 124 cm³/mol. The van der Waals surface area contributed by atoms with Crippen LogP contribution in [-0.2, 0) is 12.8 Å². The largest absolute Gasteiger partial charge is 0.256 e. The second kappa shape index (κ2) is 7.11. The second-order valence-electron chi connectivity index (χ2n) is 8.22. The van der Waals surface area contributed by atoms with Gasteiger partial charge in [0, 0.05) is 11.8 Å². The van der Waals surface area contributed by atoms with E-state index in [1.807, 2.05) is 12.3 Å². The summed E-state index contributed by atoms with van der Waals surface area (Å²) in [6.45, 7) is 0. The van der Waals surface area contributed by atoms with Crippen molar-refractivity contribution in [2.24, 2.45) is 0 Å². The molecule has 0 aliphatic heterocycles. The molecule has 1 nitrogen and oxygen atoms in total. The van der Waals surface area contributed by atoms with Gasteiger partial charge in [0.25, 0.3) is 0 Å². The van der Waals surface area contributed by atoms with Crippen molar-refractivity contribution in [2.45, 2.75) is 25.7 Å². The third-order valence-electron chi connectivity index (χ3n) is 6.53. The van der Waals surface area contributed by atoms with Crippen LogP contribution in [0.4, 0.5) is 0 Å². The van der Waals surface area contributed by atoms with Gasteiger partial charge in [0.1, 0.15) is 0 Å². The first-order valence-corrected chi connectivity index (χ1v) is 10.8. The molecule has 0 saturated heterocycles. The highest BCUT2D eigenvalue weighted by Gasteiger charge is 2.19. The second-order valence-corrected chi connectivity index (χ2v) is 8.22. The molecule has 0 atom stereocenters. The zero-order chi connectivity index (χ0) is 19.9. The summed E-state index contributed by atoms with van der Waals surface area (Å²) in [4.78, 5) is 4.66. The Kier molecular flexibility index (Phi) is 4.12. The molecular weight excluding hydrogens is 362 g/mol. The van der Waals surface area contributed by atoms with Crippen molar-refractivity contribution in [3.63, 3.8) is 0 Å². The van der Waals surface area contributed by atoms with Crippen molar-refractivity contribution in [2.75, 3.05) is 0 Å². The van der Waals surface area contributed by atoms with E-state index in [-0.39, 0.29) is 0 Å². The molecule has 0 N–H and O–H groups in total. The Bertz CT molecular complexity index is 1380. The van der Waals surface area contributed by atoms with Crippen LogP contribution in [0.5, 0.6) is 0 Å². The maximum Gasteiger partial charge on any atom is 0.0708 e. The Morgan fingerprint density at radius 1 is 0.600 bits per heavy atom. The summed E-state index contributed by atoms with van der Waals surface area (Å²) in [7, 11) is 0. The van der Waals surface area contributed by atoms with E-state index in [1.165, 1.54) is 55.8 Å². The molecule has 3 aromatic carbocycles. The Balaban J connectivity index is 1.69. The van der Waals surface area contributed by atoms with E-state index in [2.05, 4.69) is 83.9 Å². The molecule has 0 fully saturated rings. The molecule has 0 radical (unpaired) electrons. The predicted octanol–water partition coefficient (Wildman–Crippen LogP) is 5.29. The molecule has 0 spiro atoms. The third kappa shape index (κ3) is 2.74. The molecular formula is C29H23N. The first-order valence-electron chi connectivity index (χ1n) is 10.8. The van der Waals surface area contributed by atoms with Crippen molar-refractivity contribution in [1.82, 2.24) is 4.98 Å². The van der Waals surface area contributed by atoms with Gasteiger partial charge in [0.05, 0.1) is 5.69 Å². The van der Waals surface area contributed by atoms with Gasteiger partial charge in [-0.25, -0.2) is 0 Å². The number of fused-ring (bicyclic) bond motifs is 5. The smallest absolute Gasteiger partial charge is 0.0708 e. The lowest BCUT2D eigenvalue weighted by molar-refractivity contribution is 0.818. The van der Waals surface area contributed by atoms with Gasteiger partial charge in [0.15, 0.2) is 0 Å². The minimum atomic E-state index is 1.01. The molecule has 0 amide bonds. The maximum absolute atomic E-state index is 4.66. The Hall–Kier alpha value is -3.45. The number of hydrogen-bond acceptors (Lipinski definition) is 1. The summed E-state index contributed by atoms with van der Waals surface area (Å²) in [5.41, 5.74) is 10.8. The SMILES string of the molecule is C1=c2c(ccc3c2=C(c2ccccc2-c2ccccn2)CCC3)-c2ccccc2C1.